The molecule has 1 aromatic rings. The summed E-state index contributed by atoms with van der Waals surface area (Å²) in [5.74, 6) is 1.65. The van der Waals surface area contributed by atoms with E-state index in [2.05, 4.69) is 25.2 Å². The quantitative estimate of drug-likeness (QED) is 0.747. The fraction of sp³-hybridized carbons (Fsp3) is 0.588. The van der Waals surface area contributed by atoms with Gasteiger partial charge in [-0.25, -0.2) is 0 Å². The number of methoxy groups -OCH3 is 2. The van der Waals surface area contributed by atoms with E-state index >= 15 is 0 Å². The summed E-state index contributed by atoms with van der Waals surface area (Å²) in [6.45, 7) is 5.08. The Morgan fingerprint density at radius 3 is 2.14 bits per heavy atom. The minimum absolute atomic E-state index is 0.205. The van der Waals surface area contributed by atoms with Crippen LogP contribution in [-0.2, 0) is 5.41 Å². The molecule has 0 aliphatic carbocycles. The molecule has 4 nitrogen and oxygen atoms in total. The van der Waals surface area contributed by atoms with E-state index in [1.54, 1.807) is 14.2 Å². The van der Waals surface area contributed by atoms with Crippen LogP contribution in [0.3, 0.4) is 0 Å². The van der Waals surface area contributed by atoms with Crippen molar-refractivity contribution in [2.45, 2.75) is 32.1 Å². The summed E-state index contributed by atoms with van der Waals surface area (Å²) >= 11 is 0. The highest BCUT2D eigenvalue weighted by molar-refractivity contribution is 5.45. The predicted molar refractivity (Wildman–Crippen MR) is 84.8 cm³/mol. The summed E-state index contributed by atoms with van der Waals surface area (Å²) in [6.07, 6.45) is 1.75. The fourth-order valence-corrected chi connectivity index (χ4v) is 2.62. The third-order valence-corrected chi connectivity index (χ3v) is 4.05. The van der Waals surface area contributed by atoms with E-state index in [0.29, 0.717) is 0 Å². The average Bonchev–Trinajstić information content (AvgIpc) is 2.50. The van der Waals surface area contributed by atoms with Gasteiger partial charge >= 0.3 is 0 Å². The average molecular weight is 290 g/mol. The summed E-state index contributed by atoms with van der Waals surface area (Å²) in [7, 11) is 5.18. The molecule has 0 aromatic heterocycles. The molecule has 0 heterocycles. The van der Waals surface area contributed by atoms with Crippen molar-refractivity contribution in [3.05, 3.63) is 23.8 Å². The van der Waals surface area contributed by atoms with Gasteiger partial charge in [0.05, 0.1) is 25.7 Å². The maximum Gasteiger partial charge on any atom is 0.122 e. The number of benzene rings is 1. The minimum atomic E-state index is -0.529. The third kappa shape index (κ3) is 3.89. The normalized spacial score (nSPS) is 13.6. The van der Waals surface area contributed by atoms with Crippen LogP contribution in [0.4, 0.5) is 0 Å². The van der Waals surface area contributed by atoms with E-state index in [1.165, 1.54) is 0 Å². The molecule has 4 heteroatoms. The first kappa shape index (κ1) is 17.3. The van der Waals surface area contributed by atoms with Gasteiger partial charge in [0.25, 0.3) is 0 Å². The van der Waals surface area contributed by atoms with Crippen LogP contribution in [-0.4, -0.2) is 27.8 Å². The van der Waals surface area contributed by atoms with E-state index in [1.807, 2.05) is 25.2 Å². The molecule has 0 aliphatic heterocycles. The molecule has 0 aliphatic rings. The van der Waals surface area contributed by atoms with Crippen molar-refractivity contribution in [3.8, 4) is 17.6 Å². The van der Waals surface area contributed by atoms with Gasteiger partial charge < -0.3 is 14.8 Å². The van der Waals surface area contributed by atoms with Crippen LogP contribution in [0.15, 0.2) is 18.2 Å². The smallest absolute Gasteiger partial charge is 0.122 e. The van der Waals surface area contributed by atoms with E-state index in [0.717, 1.165) is 36.4 Å². The summed E-state index contributed by atoms with van der Waals surface area (Å²) < 4.78 is 10.7. The molecule has 0 bridgehead atoms. The Morgan fingerprint density at radius 1 is 1.19 bits per heavy atom. The molecule has 116 valence electrons. The third-order valence-electron chi connectivity index (χ3n) is 4.05. The Balaban J connectivity index is 3.28. The van der Waals surface area contributed by atoms with Gasteiger partial charge in [0.1, 0.15) is 11.5 Å². The van der Waals surface area contributed by atoms with Crippen LogP contribution in [0.5, 0.6) is 11.5 Å². The zero-order valence-corrected chi connectivity index (χ0v) is 13.7. The summed E-state index contributed by atoms with van der Waals surface area (Å²) in [4.78, 5) is 0. The molecule has 1 rings (SSSR count). The van der Waals surface area contributed by atoms with Crippen molar-refractivity contribution >= 4 is 0 Å². The molecule has 0 amide bonds. The van der Waals surface area contributed by atoms with Crippen LogP contribution in [0.2, 0.25) is 0 Å². The molecule has 0 saturated heterocycles. The molecule has 21 heavy (non-hydrogen) atoms. The number of nitrogens with one attached hydrogen (secondary N) is 1. The highest BCUT2D eigenvalue weighted by Gasteiger charge is 2.36. The number of ether oxygens (including phenoxy) is 2. The van der Waals surface area contributed by atoms with E-state index in [9.17, 15) is 5.26 Å². The van der Waals surface area contributed by atoms with Crippen molar-refractivity contribution in [2.24, 2.45) is 5.92 Å². The first-order chi connectivity index (χ1) is 10.0. The number of nitriles is 1. The van der Waals surface area contributed by atoms with Gasteiger partial charge in [-0.1, -0.05) is 13.8 Å². The van der Waals surface area contributed by atoms with E-state index in [-0.39, 0.29) is 5.92 Å². The number of hydrogen-bond acceptors (Lipinski definition) is 4. The Labute approximate surface area is 128 Å². The summed E-state index contributed by atoms with van der Waals surface area (Å²) in [5.41, 5.74) is 0.436. The lowest BCUT2D eigenvalue weighted by Crippen LogP contribution is -2.31. The number of nitrogens with zero attached hydrogens (tertiary/aromatic N) is 1. The van der Waals surface area contributed by atoms with Crippen LogP contribution >= 0.6 is 0 Å². The lowest BCUT2D eigenvalue weighted by molar-refractivity contribution is 0.349. The molecule has 1 aromatic carbocycles. The highest BCUT2D eigenvalue weighted by atomic mass is 16.5. The number of hydrogen-bond donors (Lipinski definition) is 1. The van der Waals surface area contributed by atoms with Crippen molar-refractivity contribution in [1.82, 2.24) is 5.32 Å². The Morgan fingerprint density at radius 2 is 1.76 bits per heavy atom. The van der Waals surface area contributed by atoms with Gasteiger partial charge in [-0.3, -0.25) is 0 Å². The zero-order chi connectivity index (χ0) is 15.9. The maximum atomic E-state index is 9.87. The van der Waals surface area contributed by atoms with Gasteiger partial charge in [0.2, 0.25) is 0 Å². The second-order valence-electron chi connectivity index (χ2n) is 5.55. The van der Waals surface area contributed by atoms with Crippen molar-refractivity contribution < 1.29 is 9.47 Å². The monoisotopic (exact) mass is 290 g/mol. The molecule has 0 fully saturated rings. The van der Waals surface area contributed by atoms with Gasteiger partial charge in [-0.2, -0.15) is 5.26 Å². The van der Waals surface area contributed by atoms with Crippen LogP contribution in [0.1, 0.15) is 32.3 Å². The second-order valence-corrected chi connectivity index (χ2v) is 5.55. The Kier molecular flexibility index (Phi) is 6.51. The van der Waals surface area contributed by atoms with Crippen molar-refractivity contribution in [3.63, 3.8) is 0 Å². The Hall–Kier alpha value is -1.73. The van der Waals surface area contributed by atoms with Crippen molar-refractivity contribution in [1.29, 1.82) is 5.26 Å². The first-order valence-electron chi connectivity index (χ1n) is 7.33. The molecule has 1 N–H and O–H groups in total. The fourth-order valence-electron chi connectivity index (χ4n) is 2.62. The topological polar surface area (TPSA) is 54.3 Å². The molecule has 0 saturated carbocycles. The van der Waals surface area contributed by atoms with Gasteiger partial charge in [0.15, 0.2) is 0 Å². The van der Waals surface area contributed by atoms with Gasteiger partial charge in [0, 0.05) is 6.07 Å². The Bertz CT molecular complexity index is 472. The van der Waals surface area contributed by atoms with E-state index in [4.69, 9.17) is 9.47 Å². The predicted octanol–water partition coefficient (Wildman–Crippen LogP) is 3.12. The highest BCUT2D eigenvalue weighted by Crippen LogP contribution is 2.39. The van der Waals surface area contributed by atoms with E-state index < -0.39 is 5.41 Å². The minimum Gasteiger partial charge on any atom is -0.497 e. The molecule has 0 radical (unpaired) electrons. The second kappa shape index (κ2) is 7.90. The largest absolute Gasteiger partial charge is 0.497 e. The van der Waals surface area contributed by atoms with Gasteiger partial charge in [-0.05, 0) is 50.0 Å². The molecular weight excluding hydrogens is 264 g/mol. The maximum absolute atomic E-state index is 9.87. The molecule has 1 atom stereocenters. The van der Waals surface area contributed by atoms with Crippen molar-refractivity contribution in [2.75, 3.05) is 27.8 Å². The number of rotatable bonds is 8. The van der Waals surface area contributed by atoms with Crippen LogP contribution in [0.25, 0.3) is 0 Å². The first-order valence-corrected chi connectivity index (χ1v) is 7.33. The van der Waals surface area contributed by atoms with Crippen LogP contribution < -0.4 is 14.8 Å². The summed E-state index contributed by atoms with van der Waals surface area (Å²) in [6, 6.07) is 8.29. The standard InChI is InChI=1S/C17H26N2O2/c1-13(2)17(12-18,7-6-8-19-3)14-9-15(20-4)11-16(10-14)21-5/h9-11,13,19H,6-8H2,1-5H3. The molecule has 1 unspecified atom stereocenters. The van der Waals surface area contributed by atoms with Crippen LogP contribution in [0, 0.1) is 17.2 Å². The zero-order valence-electron chi connectivity index (χ0n) is 13.7. The summed E-state index contributed by atoms with van der Waals surface area (Å²) in [5, 5.41) is 13.0. The SMILES string of the molecule is CNCCCC(C#N)(c1cc(OC)cc(OC)c1)C(C)C. The van der Waals surface area contributed by atoms with Gasteiger partial charge in [-0.15, -0.1) is 0 Å². The molecule has 0 spiro atoms. The lowest BCUT2D eigenvalue weighted by atomic mass is 9.69. The molecular formula is C17H26N2O2. The lowest BCUT2D eigenvalue weighted by Gasteiger charge is -2.32.